The van der Waals surface area contributed by atoms with Crippen LogP contribution in [0.4, 0.5) is 4.79 Å². The minimum Gasteiger partial charge on any atom is -0.456 e. The Labute approximate surface area is 186 Å². The van der Waals surface area contributed by atoms with E-state index in [0.717, 1.165) is 11.3 Å². The van der Waals surface area contributed by atoms with Gasteiger partial charge in [0.05, 0.1) is 22.6 Å². The fourth-order valence-corrected chi connectivity index (χ4v) is 3.11. The molecule has 8 heteroatoms. The number of para-hydroxylation sites is 1. The summed E-state index contributed by atoms with van der Waals surface area (Å²) in [4.78, 5) is 24.2. The van der Waals surface area contributed by atoms with Crippen LogP contribution in [0.15, 0.2) is 54.6 Å². The molecule has 8 nitrogen and oxygen atoms in total. The zero-order valence-corrected chi connectivity index (χ0v) is 18.3. The minimum atomic E-state index is -0.510. The molecule has 2 N–H and O–H groups in total. The topological polar surface area (TPSA) is 109 Å². The first kappa shape index (κ1) is 22.6. The van der Waals surface area contributed by atoms with Gasteiger partial charge in [-0.05, 0) is 50.6 Å². The second kappa shape index (κ2) is 10.3. The zero-order valence-electron chi connectivity index (χ0n) is 18.3. The number of carbonyl (C=O) groups excluding carboxylic acids is 2. The largest absolute Gasteiger partial charge is 0.456 e. The Morgan fingerprint density at radius 1 is 1.12 bits per heavy atom. The second-order valence-corrected chi connectivity index (χ2v) is 7.52. The van der Waals surface area contributed by atoms with E-state index in [2.05, 4.69) is 21.8 Å². The van der Waals surface area contributed by atoms with Gasteiger partial charge in [0.25, 0.3) is 0 Å². The molecule has 0 aliphatic carbocycles. The predicted octanol–water partition coefficient (Wildman–Crippen LogP) is 3.62. The van der Waals surface area contributed by atoms with Gasteiger partial charge >= 0.3 is 12.0 Å². The number of hydrogen-bond acceptors (Lipinski definition) is 5. The monoisotopic (exact) mass is 431 g/mol. The molecule has 0 radical (unpaired) electrons. The number of carbonyl (C=O) groups is 2. The predicted molar refractivity (Wildman–Crippen MR) is 119 cm³/mol. The van der Waals surface area contributed by atoms with Crippen LogP contribution in [0, 0.1) is 18.3 Å². The van der Waals surface area contributed by atoms with Crippen LogP contribution in [-0.2, 0) is 17.9 Å². The van der Waals surface area contributed by atoms with Crippen molar-refractivity contribution in [2.24, 2.45) is 0 Å². The zero-order chi connectivity index (χ0) is 23.1. The first-order chi connectivity index (χ1) is 15.4. The van der Waals surface area contributed by atoms with Crippen molar-refractivity contribution in [2.45, 2.75) is 40.0 Å². The molecule has 0 atom stereocenters. The number of nitrogens with one attached hydrogen (secondary N) is 2. The lowest BCUT2D eigenvalue weighted by Crippen LogP contribution is -2.39. The quantitative estimate of drug-likeness (QED) is 0.556. The lowest BCUT2D eigenvalue weighted by atomic mass is 10.1. The van der Waals surface area contributed by atoms with E-state index in [-0.39, 0.29) is 18.7 Å². The highest BCUT2D eigenvalue weighted by Crippen LogP contribution is 2.19. The summed E-state index contributed by atoms with van der Waals surface area (Å²) in [6, 6.07) is 18.1. The van der Waals surface area contributed by atoms with Gasteiger partial charge in [-0.25, -0.2) is 14.3 Å². The van der Waals surface area contributed by atoms with Crippen LogP contribution in [0.2, 0.25) is 0 Å². The number of esters is 1. The van der Waals surface area contributed by atoms with Crippen LogP contribution >= 0.6 is 0 Å². The maximum absolute atomic E-state index is 12.6. The standard InChI is InChI=1S/C24H25N5O3/c1-16(2)27-24(31)26-14-18-9-11-19(12-10-18)23(30)32-15-22-21(13-25)17(3)28-29(22)20-7-5-4-6-8-20/h4-12,16H,14-15H2,1-3H3,(H2,26,27,31). The summed E-state index contributed by atoms with van der Waals surface area (Å²) in [7, 11) is 0. The average Bonchev–Trinajstić information content (AvgIpc) is 3.11. The third kappa shape index (κ3) is 5.52. The smallest absolute Gasteiger partial charge is 0.338 e. The van der Waals surface area contributed by atoms with Gasteiger partial charge in [0, 0.05) is 12.6 Å². The molecule has 1 aromatic heterocycles. The maximum atomic E-state index is 12.6. The van der Waals surface area contributed by atoms with Crippen molar-refractivity contribution in [1.29, 1.82) is 5.26 Å². The first-order valence-corrected chi connectivity index (χ1v) is 10.2. The van der Waals surface area contributed by atoms with Crippen LogP contribution in [0.25, 0.3) is 5.69 Å². The van der Waals surface area contributed by atoms with Gasteiger partial charge in [0.1, 0.15) is 18.2 Å². The number of nitriles is 1. The molecule has 0 saturated carbocycles. The molecule has 0 aliphatic heterocycles. The lowest BCUT2D eigenvalue weighted by Gasteiger charge is -2.11. The van der Waals surface area contributed by atoms with Gasteiger partial charge in [-0.1, -0.05) is 30.3 Å². The van der Waals surface area contributed by atoms with Crippen molar-refractivity contribution in [3.05, 3.63) is 82.7 Å². The average molecular weight is 431 g/mol. The number of nitrogens with zero attached hydrogens (tertiary/aromatic N) is 3. The Hall–Kier alpha value is -4.12. The molecule has 3 rings (SSSR count). The summed E-state index contributed by atoms with van der Waals surface area (Å²) in [5.74, 6) is -0.510. The fourth-order valence-electron chi connectivity index (χ4n) is 3.11. The summed E-state index contributed by atoms with van der Waals surface area (Å²) in [6.07, 6.45) is 0. The molecule has 0 unspecified atom stereocenters. The molecule has 32 heavy (non-hydrogen) atoms. The first-order valence-electron chi connectivity index (χ1n) is 10.2. The van der Waals surface area contributed by atoms with Gasteiger partial charge in [0.2, 0.25) is 0 Å². The Morgan fingerprint density at radius 2 is 1.81 bits per heavy atom. The van der Waals surface area contributed by atoms with Crippen molar-refractivity contribution in [1.82, 2.24) is 20.4 Å². The van der Waals surface area contributed by atoms with Gasteiger partial charge in [-0.2, -0.15) is 10.4 Å². The second-order valence-electron chi connectivity index (χ2n) is 7.52. The summed E-state index contributed by atoms with van der Waals surface area (Å²) in [5.41, 5.74) is 3.48. The Balaban J connectivity index is 1.66. The number of rotatable bonds is 7. The Kier molecular flexibility index (Phi) is 7.24. The molecule has 0 fully saturated rings. The molecular formula is C24H25N5O3. The molecule has 1 heterocycles. The van der Waals surface area contributed by atoms with E-state index < -0.39 is 5.97 Å². The fraction of sp³-hybridized carbons (Fsp3) is 0.250. The van der Waals surface area contributed by atoms with Gasteiger partial charge in [0.15, 0.2) is 0 Å². The summed E-state index contributed by atoms with van der Waals surface area (Å²) >= 11 is 0. The van der Waals surface area contributed by atoms with E-state index in [1.165, 1.54) is 0 Å². The molecule has 0 bridgehead atoms. The van der Waals surface area contributed by atoms with Crippen molar-refractivity contribution < 1.29 is 14.3 Å². The van der Waals surface area contributed by atoms with E-state index in [0.29, 0.717) is 29.1 Å². The SMILES string of the molecule is Cc1nn(-c2ccccc2)c(COC(=O)c2ccc(CNC(=O)NC(C)C)cc2)c1C#N. The molecule has 0 spiro atoms. The van der Waals surface area contributed by atoms with Crippen molar-refractivity contribution in [2.75, 3.05) is 0 Å². The third-order valence-corrected chi connectivity index (χ3v) is 4.67. The van der Waals surface area contributed by atoms with Crippen LogP contribution in [0.3, 0.4) is 0 Å². The summed E-state index contributed by atoms with van der Waals surface area (Å²) in [6.45, 7) is 5.77. The van der Waals surface area contributed by atoms with Crippen molar-refractivity contribution in [3.8, 4) is 11.8 Å². The molecular weight excluding hydrogens is 406 g/mol. The normalized spacial score (nSPS) is 10.5. The van der Waals surface area contributed by atoms with E-state index >= 15 is 0 Å². The number of ether oxygens (including phenoxy) is 1. The van der Waals surface area contributed by atoms with Gasteiger partial charge in [-0.15, -0.1) is 0 Å². The molecule has 0 saturated heterocycles. The number of aryl methyl sites for hydroxylation is 1. The highest BCUT2D eigenvalue weighted by Gasteiger charge is 2.18. The maximum Gasteiger partial charge on any atom is 0.338 e. The molecule has 2 aromatic carbocycles. The Bertz CT molecular complexity index is 1130. The van der Waals surface area contributed by atoms with Crippen LogP contribution in [0.1, 0.15) is 46.7 Å². The lowest BCUT2D eigenvalue weighted by molar-refractivity contribution is 0.0464. The van der Waals surface area contributed by atoms with Crippen LogP contribution in [0.5, 0.6) is 0 Å². The molecule has 3 aromatic rings. The highest BCUT2D eigenvalue weighted by molar-refractivity contribution is 5.89. The van der Waals surface area contributed by atoms with Crippen LogP contribution < -0.4 is 10.6 Å². The van der Waals surface area contributed by atoms with E-state index in [1.54, 1.807) is 35.9 Å². The number of aromatic nitrogens is 2. The molecule has 0 aliphatic rings. The van der Waals surface area contributed by atoms with Crippen LogP contribution in [-0.4, -0.2) is 27.8 Å². The van der Waals surface area contributed by atoms with Gasteiger partial charge < -0.3 is 15.4 Å². The summed E-state index contributed by atoms with van der Waals surface area (Å²) < 4.78 is 7.11. The number of urea groups is 1. The van der Waals surface area contributed by atoms with E-state index in [1.807, 2.05) is 44.2 Å². The van der Waals surface area contributed by atoms with E-state index in [4.69, 9.17) is 4.74 Å². The molecule has 2 amide bonds. The Morgan fingerprint density at radius 3 is 2.44 bits per heavy atom. The van der Waals surface area contributed by atoms with Gasteiger partial charge in [-0.3, -0.25) is 0 Å². The molecule has 164 valence electrons. The summed E-state index contributed by atoms with van der Waals surface area (Å²) in [5, 5.41) is 19.5. The number of amides is 2. The highest BCUT2D eigenvalue weighted by atomic mass is 16.5. The number of benzene rings is 2. The van der Waals surface area contributed by atoms with E-state index in [9.17, 15) is 14.9 Å². The number of hydrogen-bond donors (Lipinski definition) is 2. The van der Waals surface area contributed by atoms with Crippen molar-refractivity contribution >= 4 is 12.0 Å². The third-order valence-electron chi connectivity index (χ3n) is 4.67. The van der Waals surface area contributed by atoms with Crippen molar-refractivity contribution in [3.63, 3.8) is 0 Å². The minimum absolute atomic E-state index is 0.0516.